The molecule has 0 aliphatic carbocycles. The number of aliphatic hydroxyl groups excluding tert-OH is 1. The van der Waals surface area contributed by atoms with Gasteiger partial charge in [-0.1, -0.05) is 12.1 Å². The smallest absolute Gasteiger partial charge is 0.170 e. The van der Waals surface area contributed by atoms with Crippen LogP contribution in [0.5, 0.6) is 5.75 Å². The Kier molecular flexibility index (Phi) is 4.91. The molecule has 0 saturated carbocycles. The van der Waals surface area contributed by atoms with Crippen LogP contribution in [-0.4, -0.2) is 24.2 Å². The number of methoxy groups -OCH3 is 1. The molecule has 0 aromatic heterocycles. The Labute approximate surface area is 93.5 Å². The van der Waals surface area contributed by atoms with Crippen LogP contribution in [0.3, 0.4) is 0 Å². The van der Waals surface area contributed by atoms with Gasteiger partial charge in [-0.2, -0.15) is 11.8 Å². The lowest BCUT2D eigenvalue weighted by atomic mass is 10.1. The molecule has 0 heterocycles. The Bertz CT molecular complexity index is 317. The van der Waals surface area contributed by atoms with Gasteiger partial charge in [-0.3, -0.25) is 0 Å². The van der Waals surface area contributed by atoms with E-state index in [-0.39, 0.29) is 5.75 Å². The maximum absolute atomic E-state index is 13.7. The SMILES string of the molecule is COc1cccc(C(O)CCSC)c1F. The second-order valence-electron chi connectivity index (χ2n) is 3.16. The molecule has 1 atom stereocenters. The van der Waals surface area contributed by atoms with Crippen LogP contribution in [0.1, 0.15) is 18.1 Å². The quantitative estimate of drug-likeness (QED) is 0.843. The molecule has 0 radical (unpaired) electrons. The molecule has 0 spiro atoms. The maximum atomic E-state index is 13.7. The number of hydrogen-bond donors (Lipinski definition) is 1. The Balaban J connectivity index is 2.83. The number of halogens is 1. The van der Waals surface area contributed by atoms with Crippen LogP contribution in [0.2, 0.25) is 0 Å². The first-order chi connectivity index (χ1) is 7.20. The molecule has 4 heteroatoms. The van der Waals surface area contributed by atoms with Crippen molar-refractivity contribution in [3.8, 4) is 5.75 Å². The van der Waals surface area contributed by atoms with Crippen molar-refractivity contribution in [2.75, 3.05) is 19.1 Å². The van der Waals surface area contributed by atoms with E-state index in [2.05, 4.69) is 0 Å². The van der Waals surface area contributed by atoms with Crippen molar-refractivity contribution in [3.63, 3.8) is 0 Å². The van der Waals surface area contributed by atoms with Crippen LogP contribution >= 0.6 is 11.8 Å². The standard InChI is InChI=1S/C11H15FO2S/c1-14-10-5-3-4-8(11(10)12)9(13)6-7-15-2/h3-5,9,13H,6-7H2,1-2H3. The second kappa shape index (κ2) is 5.98. The van der Waals surface area contributed by atoms with E-state index in [1.54, 1.807) is 30.0 Å². The zero-order chi connectivity index (χ0) is 11.3. The van der Waals surface area contributed by atoms with Gasteiger partial charge < -0.3 is 9.84 Å². The summed E-state index contributed by atoms with van der Waals surface area (Å²) in [6.45, 7) is 0. The molecule has 0 bridgehead atoms. The third-order valence-electron chi connectivity index (χ3n) is 2.17. The normalized spacial score (nSPS) is 12.5. The summed E-state index contributed by atoms with van der Waals surface area (Å²) in [6, 6.07) is 4.81. The van der Waals surface area contributed by atoms with Crippen molar-refractivity contribution < 1.29 is 14.2 Å². The van der Waals surface area contributed by atoms with E-state index in [0.717, 1.165) is 5.75 Å². The summed E-state index contributed by atoms with van der Waals surface area (Å²) < 4.78 is 18.5. The van der Waals surface area contributed by atoms with E-state index in [1.807, 2.05) is 6.26 Å². The highest BCUT2D eigenvalue weighted by Gasteiger charge is 2.15. The molecule has 1 N–H and O–H groups in total. The van der Waals surface area contributed by atoms with E-state index in [0.29, 0.717) is 12.0 Å². The highest BCUT2D eigenvalue weighted by molar-refractivity contribution is 7.98. The summed E-state index contributed by atoms with van der Waals surface area (Å²) in [4.78, 5) is 0. The minimum Gasteiger partial charge on any atom is -0.494 e. The lowest BCUT2D eigenvalue weighted by Gasteiger charge is -2.12. The van der Waals surface area contributed by atoms with Gasteiger partial charge in [0.05, 0.1) is 13.2 Å². The molecule has 1 rings (SSSR count). The van der Waals surface area contributed by atoms with Crippen molar-refractivity contribution in [1.29, 1.82) is 0 Å². The number of hydrogen-bond acceptors (Lipinski definition) is 3. The fourth-order valence-corrected chi connectivity index (χ4v) is 1.79. The molecule has 0 saturated heterocycles. The number of rotatable bonds is 5. The van der Waals surface area contributed by atoms with E-state index >= 15 is 0 Å². The molecule has 15 heavy (non-hydrogen) atoms. The predicted molar refractivity (Wildman–Crippen MR) is 60.9 cm³/mol. The summed E-state index contributed by atoms with van der Waals surface area (Å²) in [6.07, 6.45) is 1.74. The lowest BCUT2D eigenvalue weighted by Crippen LogP contribution is -2.03. The zero-order valence-electron chi connectivity index (χ0n) is 8.87. The monoisotopic (exact) mass is 230 g/mol. The molecule has 0 aliphatic heterocycles. The van der Waals surface area contributed by atoms with Gasteiger partial charge in [-0.05, 0) is 24.5 Å². The molecular formula is C11H15FO2S. The molecule has 2 nitrogen and oxygen atoms in total. The second-order valence-corrected chi connectivity index (χ2v) is 4.15. The molecule has 84 valence electrons. The first-order valence-corrected chi connectivity index (χ1v) is 6.09. The van der Waals surface area contributed by atoms with Gasteiger partial charge in [0.1, 0.15) is 0 Å². The van der Waals surface area contributed by atoms with Crippen LogP contribution in [0.25, 0.3) is 0 Å². The lowest BCUT2D eigenvalue weighted by molar-refractivity contribution is 0.169. The summed E-state index contributed by atoms with van der Waals surface area (Å²) >= 11 is 1.63. The predicted octanol–water partition coefficient (Wildman–Crippen LogP) is 2.62. The maximum Gasteiger partial charge on any atom is 0.170 e. The van der Waals surface area contributed by atoms with Gasteiger partial charge in [-0.25, -0.2) is 4.39 Å². The van der Waals surface area contributed by atoms with Crippen molar-refractivity contribution >= 4 is 11.8 Å². The first-order valence-electron chi connectivity index (χ1n) is 4.70. The van der Waals surface area contributed by atoms with E-state index < -0.39 is 11.9 Å². The van der Waals surface area contributed by atoms with E-state index in [9.17, 15) is 9.50 Å². The Morgan fingerprint density at radius 2 is 2.27 bits per heavy atom. The minimum absolute atomic E-state index is 0.177. The minimum atomic E-state index is -0.757. The van der Waals surface area contributed by atoms with Crippen molar-refractivity contribution in [3.05, 3.63) is 29.6 Å². The Morgan fingerprint density at radius 1 is 1.53 bits per heavy atom. The fraction of sp³-hybridized carbons (Fsp3) is 0.455. The van der Waals surface area contributed by atoms with Gasteiger partial charge in [0, 0.05) is 5.56 Å². The van der Waals surface area contributed by atoms with Crippen LogP contribution in [0.15, 0.2) is 18.2 Å². The average Bonchev–Trinajstić information content (AvgIpc) is 2.26. The molecule has 1 unspecified atom stereocenters. The van der Waals surface area contributed by atoms with Gasteiger partial charge in [0.2, 0.25) is 0 Å². The number of aliphatic hydroxyl groups is 1. The molecular weight excluding hydrogens is 215 g/mol. The largest absolute Gasteiger partial charge is 0.494 e. The molecule has 0 fully saturated rings. The Hall–Kier alpha value is -0.740. The van der Waals surface area contributed by atoms with Crippen molar-refractivity contribution in [2.45, 2.75) is 12.5 Å². The van der Waals surface area contributed by atoms with Crippen LogP contribution in [-0.2, 0) is 0 Å². The summed E-state index contributed by atoms with van der Waals surface area (Å²) in [5.74, 6) is 0.516. The van der Waals surface area contributed by atoms with Crippen LogP contribution in [0.4, 0.5) is 4.39 Å². The van der Waals surface area contributed by atoms with Crippen LogP contribution in [0, 0.1) is 5.82 Å². The van der Waals surface area contributed by atoms with Gasteiger partial charge >= 0.3 is 0 Å². The third-order valence-corrected chi connectivity index (χ3v) is 2.81. The molecule has 1 aromatic carbocycles. The van der Waals surface area contributed by atoms with Crippen molar-refractivity contribution in [2.24, 2.45) is 0 Å². The molecule has 0 aliphatic rings. The number of benzene rings is 1. The Morgan fingerprint density at radius 3 is 2.87 bits per heavy atom. The summed E-state index contributed by atoms with van der Waals surface area (Å²) in [5.41, 5.74) is 0.309. The number of thioether (sulfide) groups is 1. The fourth-order valence-electron chi connectivity index (χ4n) is 1.33. The van der Waals surface area contributed by atoms with Crippen molar-refractivity contribution in [1.82, 2.24) is 0 Å². The number of ether oxygens (including phenoxy) is 1. The highest BCUT2D eigenvalue weighted by Crippen LogP contribution is 2.27. The van der Waals surface area contributed by atoms with Gasteiger partial charge in [-0.15, -0.1) is 0 Å². The van der Waals surface area contributed by atoms with Gasteiger partial charge in [0.25, 0.3) is 0 Å². The molecule has 0 amide bonds. The van der Waals surface area contributed by atoms with Crippen LogP contribution < -0.4 is 4.74 Å². The van der Waals surface area contributed by atoms with E-state index in [4.69, 9.17) is 4.74 Å². The third kappa shape index (κ3) is 3.11. The van der Waals surface area contributed by atoms with Gasteiger partial charge in [0.15, 0.2) is 11.6 Å². The zero-order valence-corrected chi connectivity index (χ0v) is 9.68. The summed E-state index contributed by atoms with van der Waals surface area (Å²) in [5, 5.41) is 9.74. The molecule has 1 aromatic rings. The van der Waals surface area contributed by atoms with E-state index in [1.165, 1.54) is 7.11 Å². The highest BCUT2D eigenvalue weighted by atomic mass is 32.2. The average molecular weight is 230 g/mol. The first kappa shape index (κ1) is 12.3. The topological polar surface area (TPSA) is 29.5 Å². The summed E-state index contributed by atoms with van der Waals surface area (Å²) in [7, 11) is 1.41.